The van der Waals surface area contributed by atoms with Crippen molar-refractivity contribution in [1.29, 1.82) is 0 Å². The van der Waals surface area contributed by atoms with Crippen LogP contribution in [0.4, 0.5) is 0 Å². The Bertz CT molecular complexity index is 127. The van der Waals surface area contributed by atoms with E-state index < -0.39 is 0 Å². The molecule has 0 aromatic rings. The maximum atomic E-state index is 10.7. The van der Waals surface area contributed by atoms with E-state index >= 15 is 0 Å². The monoisotopic (exact) mass is 207 g/mol. The molecule has 0 radical (unpaired) electrons. The molecule has 1 aliphatic rings. The quantitative estimate of drug-likeness (QED) is 0.681. The van der Waals surface area contributed by atoms with Gasteiger partial charge < -0.3 is 0 Å². The third-order valence-corrected chi connectivity index (χ3v) is 3.80. The third kappa shape index (κ3) is 2.31. The first-order chi connectivity index (χ1) is 4.83. The number of rotatable bonds is 3. The topological polar surface area (TPSA) is 29.1 Å². The van der Waals surface area contributed by atoms with Crippen molar-refractivity contribution < 1.29 is 4.79 Å². The standard InChI is InChI=1S/C7H13NOSe/c1-2-10-5-6-3-4-7(9)8-6/h6H,2-5H2,1H3,(H,8,9)/t6-/m0/s1. The van der Waals surface area contributed by atoms with Crippen molar-refractivity contribution in [2.75, 3.05) is 0 Å². The van der Waals surface area contributed by atoms with Gasteiger partial charge in [-0.3, -0.25) is 0 Å². The van der Waals surface area contributed by atoms with Crippen LogP contribution >= 0.6 is 0 Å². The van der Waals surface area contributed by atoms with Crippen molar-refractivity contribution >= 4 is 20.9 Å². The van der Waals surface area contributed by atoms with Crippen molar-refractivity contribution in [1.82, 2.24) is 5.32 Å². The van der Waals surface area contributed by atoms with Gasteiger partial charge in [-0.25, -0.2) is 0 Å². The molecule has 3 heteroatoms. The van der Waals surface area contributed by atoms with Crippen LogP contribution in [0.5, 0.6) is 0 Å². The van der Waals surface area contributed by atoms with Crippen molar-refractivity contribution in [3.63, 3.8) is 0 Å². The van der Waals surface area contributed by atoms with Crippen LogP contribution in [-0.2, 0) is 4.79 Å². The third-order valence-electron chi connectivity index (χ3n) is 1.61. The molecule has 0 saturated carbocycles. The van der Waals surface area contributed by atoms with Crippen molar-refractivity contribution in [2.45, 2.75) is 36.4 Å². The minimum atomic E-state index is 0.247. The Morgan fingerprint density at radius 1 is 1.80 bits per heavy atom. The molecule has 58 valence electrons. The molecule has 0 bridgehead atoms. The number of nitrogens with one attached hydrogen (secondary N) is 1. The van der Waals surface area contributed by atoms with Gasteiger partial charge in [0.15, 0.2) is 0 Å². The fourth-order valence-electron chi connectivity index (χ4n) is 1.06. The van der Waals surface area contributed by atoms with Crippen LogP contribution < -0.4 is 5.32 Å². The molecule has 1 saturated heterocycles. The van der Waals surface area contributed by atoms with Gasteiger partial charge in [0, 0.05) is 0 Å². The number of carbonyl (C=O) groups is 1. The van der Waals surface area contributed by atoms with E-state index in [0.29, 0.717) is 6.04 Å². The Labute approximate surface area is 67.9 Å². The Morgan fingerprint density at radius 3 is 3.10 bits per heavy atom. The zero-order valence-electron chi connectivity index (χ0n) is 6.22. The first kappa shape index (κ1) is 8.09. The molecule has 1 N–H and O–H groups in total. The SMILES string of the molecule is CC[Se]C[C@@H]1CCC(=O)N1. The van der Waals surface area contributed by atoms with Crippen molar-refractivity contribution in [2.24, 2.45) is 0 Å². The van der Waals surface area contributed by atoms with Crippen molar-refractivity contribution in [3.8, 4) is 0 Å². The summed E-state index contributed by atoms with van der Waals surface area (Å²) in [5.74, 6) is 0.247. The van der Waals surface area contributed by atoms with E-state index in [9.17, 15) is 4.79 Å². The summed E-state index contributed by atoms with van der Waals surface area (Å²) in [5.41, 5.74) is 0. The number of hydrogen-bond donors (Lipinski definition) is 1. The van der Waals surface area contributed by atoms with Crippen LogP contribution in [0.1, 0.15) is 19.8 Å². The summed E-state index contributed by atoms with van der Waals surface area (Å²) < 4.78 is 0. The summed E-state index contributed by atoms with van der Waals surface area (Å²) in [5, 5.41) is 5.49. The summed E-state index contributed by atoms with van der Waals surface area (Å²) in [6.45, 7) is 2.21. The zero-order valence-corrected chi connectivity index (χ0v) is 7.94. The van der Waals surface area contributed by atoms with Gasteiger partial charge in [-0.2, -0.15) is 0 Å². The number of hydrogen-bond acceptors (Lipinski definition) is 1. The molecule has 1 heterocycles. The van der Waals surface area contributed by atoms with Gasteiger partial charge in [-0.05, 0) is 0 Å². The molecule has 1 atom stereocenters. The van der Waals surface area contributed by atoms with Crippen LogP contribution in [0.25, 0.3) is 0 Å². The summed E-state index contributed by atoms with van der Waals surface area (Å²) in [6, 6.07) is 0.521. The van der Waals surface area contributed by atoms with Crippen LogP contribution in [0, 0.1) is 0 Å². The van der Waals surface area contributed by atoms with Gasteiger partial charge in [0.25, 0.3) is 0 Å². The van der Waals surface area contributed by atoms with E-state index in [0.717, 1.165) is 27.8 Å². The second-order valence-corrected chi connectivity index (χ2v) is 5.23. The Kier molecular flexibility index (Phi) is 3.23. The minimum absolute atomic E-state index is 0.247. The average molecular weight is 206 g/mol. The summed E-state index contributed by atoms with van der Waals surface area (Å²) in [7, 11) is 0. The van der Waals surface area contributed by atoms with Gasteiger partial charge in [0.05, 0.1) is 0 Å². The molecular weight excluding hydrogens is 193 g/mol. The van der Waals surface area contributed by atoms with Gasteiger partial charge in [-0.1, -0.05) is 0 Å². The molecule has 0 aromatic carbocycles. The first-order valence-electron chi connectivity index (χ1n) is 3.70. The second kappa shape index (κ2) is 3.99. The second-order valence-electron chi connectivity index (χ2n) is 2.46. The van der Waals surface area contributed by atoms with Crippen LogP contribution in [0.2, 0.25) is 10.6 Å². The number of carbonyl (C=O) groups excluding carboxylic acids is 1. The van der Waals surface area contributed by atoms with E-state index in [1.54, 1.807) is 0 Å². The first-order valence-corrected chi connectivity index (χ1v) is 6.12. The van der Waals surface area contributed by atoms with E-state index in [4.69, 9.17) is 0 Å². The van der Waals surface area contributed by atoms with E-state index in [1.807, 2.05) is 0 Å². The molecule has 1 amide bonds. The predicted molar refractivity (Wildman–Crippen MR) is 42.2 cm³/mol. The maximum absolute atomic E-state index is 10.7. The van der Waals surface area contributed by atoms with Crippen LogP contribution in [0.3, 0.4) is 0 Å². The Morgan fingerprint density at radius 2 is 2.60 bits per heavy atom. The molecule has 1 fully saturated rings. The van der Waals surface area contributed by atoms with Crippen LogP contribution in [-0.4, -0.2) is 26.9 Å². The Hall–Kier alpha value is -0.0105. The molecule has 0 aliphatic carbocycles. The summed E-state index contributed by atoms with van der Waals surface area (Å²) >= 11 is 0.752. The molecular formula is C7H13NOSe. The summed E-state index contributed by atoms with van der Waals surface area (Å²) in [4.78, 5) is 10.7. The fourth-order valence-corrected chi connectivity index (χ4v) is 2.68. The fraction of sp³-hybridized carbons (Fsp3) is 0.857. The summed E-state index contributed by atoms with van der Waals surface area (Å²) in [6.07, 6.45) is 1.82. The molecule has 0 spiro atoms. The van der Waals surface area contributed by atoms with Gasteiger partial charge in [0.1, 0.15) is 0 Å². The van der Waals surface area contributed by atoms with E-state index in [1.165, 1.54) is 10.6 Å². The van der Waals surface area contributed by atoms with Gasteiger partial charge >= 0.3 is 67.4 Å². The van der Waals surface area contributed by atoms with E-state index in [2.05, 4.69) is 12.2 Å². The van der Waals surface area contributed by atoms with Crippen LogP contribution in [0.15, 0.2) is 0 Å². The predicted octanol–water partition coefficient (Wildman–Crippen LogP) is 0.826. The molecule has 1 aliphatic heterocycles. The number of amides is 1. The average Bonchev–Trinajstić information content (AvgIpc) is 2.31. The van der Waals surface area contributed by atoms with Gasteiger partial charge in [-0.15, -0.1) is 0 Å². The molecule has 10 heavy (non-hydrogen) atoms. The molecule has 1 rings (SSSR count). The zero-order chi connectivity index (χ0) is 7.40. The van der Waals surface area contributed by atoms with Gasteiger partial charge in [0.2, 0.25) is 0 Å². The molecule has 0 unspecified atom stereocenters. The molecule has 2 nitrogen and oxygen atoms in total. The molecule has 0 aromatic heterocycles. The Balaban J connectivity index is 2.12. The van der Waals surface area contributed by atoms with Crippen molar-refractivity contribution in [3.05, 3.63) is 0 Å². The van der Waals surface area contributed by atoms with E-state index in [-0.39, 0.29) is 5.91 Å². The normalized spacial score (nSPS) is 24.9.